The first-order valence-corrected chi connectivity index (χ1v) is 13.7. The first-order valence-electron chi connectivity index (χ1n) is 13.7. The molecule has 3 rings (SSSR count). The number of methoxy groups -OCH3 is 1. The summed E-state index contributed by atoms with van der Waals surface area (Å²) >= 11 is 0. The number of amides is 3. The molecule has 41 heavy (non-hydrogen) atoms. The summed E-state index contributed by atoms with van der Waals surface area (Å²) in [5.41, 5.74) is 2.00. The Labute approximate surface area is 240 Å². The molecule has 0 unspecified atom stereocenters. The van der Waals surface area contributed by atoms with Crippen LogP contribution in [0.15, 0.2) is 71.1 Å². The molecule has 0 bridgehead atoms. The maximum atomic E-state index is 13.0. The van der Waals surface area contributed by atoms with Gasteiger partial charge >= 0.3 is 5.97 Å². The Morgan fingerprint density at radius 1 is 0.951 bits per heavy atom. The maximum Gasteiger partial charge on any atom is 0.337 e. The van der Waals surface area contributed by atoms with E-state index in [0.29, 0.717) is 29.7 Å². The molecule has 0 aliphatic carbocycles. The number of carbonyl (C=O) groups excluding carboxylic acids is 4. The Morgan fingerprint density at radius 2 is 1.71 bits per heavy atom. The Morgan fingerprint density at radius 3 is 2.39 bits per heavy atom. The van der Waals surface area contributed by atoms with Crippen molar-refractivity contribution < 1.29 is 33.2 Å². The van der Waals surface area contributed by atoms with Crippen LogP contribution in [-0.4, -0.2) is 49.6 Å². The van der Waals surface area contributed by atoms with E-state index in [9.17, 15) is 19.2 Å². The van der Waals surface area contributed by atoms with E-state index in [1.54, 1.807) is 30.3 Å². The molecule has 1 heterocycles. The number of nitrogens with one attached hydrogen (secondary N) is 2. The van der Waals surface area contributed by atoms with Crippen molar-refractivity contribution in [2.24, 2.45) is 5.92 Å². The molecule has 3 aromatic rings. The van der Waals surface area contributed by atoms with Crippen molar-refractivity contribution in [2.75, 3.05) is 20.3 Å². The van der Waals surface area contributed by atoms with Crippen molar-refractivity contribution in [1.82, 2.24) is 15.7 Å². The van der Waals surface area contributed by atoms with Crippen LogP contribution in [0.2, 0.25) is 0 Å². The van der Waals surface area contributed by atoms with Crippen molar-refractivity contribution in [1.29, 1.82) is 0 Å². The Balaban J connectivity index is 1.53. The minimum absolute atomic E-state index is 0.0730. The number of benzene rings is 2. The summed E-state index contributed by atoms with van der Waals surface area (Å²) in [5, 5.41) is 6.52. The largest absolute Gasteiger partial charge is 0.465 e. The van der Waals surface area contributed by atoms with Crippen molar-refractivity contribution in [3.8, 4) is 11.3 Å². The third kappa shape index (κ3) is 9.91. The van der Waals surface area contributed by atoms with Gasteiger partial charge in [-0.2, -0.15) is 0 Å². The maximum absolute atomic E-state index is 13.0. The minimum atomic E-state index is -0.507. The highest BCUT2D eigenvalue weighted by molar-refractivity contribution is 5.92. The van der Waals surface area contributed by atoms with E-state index in [4.69, 9.17) is 14.0 Å². The van der Waals surface area contributed by atoms with Crippen LogP contribution in [-0.2, 0) is 25.8 Å². The predicted molar refractivity (Wildman–Crippen MR) is 152 cm³/mol. The molecule has 2 N–H and O–H groups in total. The molecular formula is C31H37N3O7. The summed E-state index contributed by atoms with van der Waals surface area (Å²) in [7, 11) is 1.31. The van der Waals surface area contributed by atoms with E-state index in [0.717, 1.165) is 36.3 Å². The minimum Gasteiger partial charge on any atom is -0.465 e. The van der Waals surface area contributed by atoms with E-state index in [1.165, 1.54) is 13.2 Å². The molecule has 218 valence electrons. The summed E-state index contributed by atoms with van der Waals surface area (Å²) in [6, 6.07) is 19.2. The van der Waals surface area contributed by atoms with E-state index in [2.05, 4.69) is 17.6 Å². The Hall–Kier alpha value is -4.44. The monoisotopic (exact) mass is 563 g/mol. The number of nitrogens with zero attached hydrogens (tertiary/aromatic N) is 1. The molecule has 0 aliphatic rings. The lowest BCUT2D eigenvalue weighted by molar-refractivity contribution is -0.182. The summed E-state index contributed by atoms with van der Waals surface area (Å²) in [6.45, 7) is 2.30. The van der Waals surface area contributed by atoms with Gasteiger partial charge in [0.1, 0.15) is 12.4 Å². The summed E-state index contributed by atoms with van der Waals surface area (Å²) in [4.78, 5) is 54.6. The number of hydrogen-bond donors (Lipinski definition) is 2. The van der Waals surface area contributed by atoms with Crippen LogP contribution < -0.4 is 10.6 Å². The summed E-state index contributed by atoms with van der Waals surface area (Å²) in [5.74, 6) is -1.21. The molecule has 1 atom stereocenters. The third-order valence-corrected chi connectivity index (χ3v) is 6.47. The van der Waals surface area contributed by atoms with E-state index in [-0.39, 0.29) is 31.5 Å². The SMILES string of the molecule is CCCCCC[C@H](CN(C=O)OCc1ccccc1)C(=O)NCNC(=O)c1ccc(-c2ccc(C(=O)OC)cc2)o1. The van der Waals surface area contributed by atoms with Crippen LogP contribution in [0.25, 0.3) is 11.3 Å². The van der Waals surface area contributed by atoms with Crippen molar-refractivity contribution in [3.05, 3.63) is 83.6 Å². The van der Waals surface area contributed by atoms with Gasteiger partial charge in [-0.05, 0) is 36.2 Å². The average Bonchev–Trinajstić information content (AvgIpc) is 3.51. The second kappa shape index (κ2) is 16.6. The molecule has 0 fully saturated rings. The molecule has 10 nitrogen and oxygen atoms in total. The lowest BCUT2D eigenvalue weighted by Crippen LogP contribution is -2.43. The molecule has 0 saturated heterocycles. The average molecular weight is 564 g/mol. The van der Waals surface area contributed by atoms with E-state index >= 15 is 0 Å². The van der Waals surface area contributed by atoms with Gasteiger partial charge in [-0.1, -0.05) is 75.1 Å². The fourth-order valence-corrected chi connectivity index (χ4v) is 4.14. The van der Waals surface area contributed by atoms with Gasteiger partial charge in [0.2, 0.25) is 12.3 Å². The fraction of sp³-hybridized carbons (Fsp3) is 0.355. The van der Waals surface area contributed by atoms with Gasteiger partial charge in [-0.15, -0.1) is 0 Å². The van der Waals surface area contributed by atoms with Crippen LogP contribution in [0.5, 0.6) is 0 Å². The van der Waals surface area contributed by atoms with Crippen LogP contribution >= 0.6 is 0 Å². The van der Waals surface area contributed by atoms with E-state index in [1.807, 2.05) is 30.3 Å². The smallest absolute Gasteiger partial charge is 0.337 e. The highest BCUT2D eigenvalue weighted by atomic mass is 16.7. The molecule has 2 aromatic carbocycles. The quantitative estimate of drug-likeness (QED) is 0.0800. The van der Waals surface area contributed by atoms with Crippen LogP contribution in [0, 0.1) is 5.92 Å². The lowest BCUT2D eigenvalue weighted by Gasteiger charge is -2.23. The Bertz CT molecular complexity index is 1260. The van der Waals surface area contributed by atoms with Gasteiger partial charge in [-0.25, -0.2) is 9.86 Å². The molecule has 10 heteroatoms. The van der Waals surface area contributed by atoms with Crippen molar-refractivity contribution in [3.63, 3.8) is 0 Å². The van der Waals surface area contributed by atoms with Crippen molar-refractivity contribution in [2.45, 2.75) is 45.6 Å². The Kier molecular flexibility index (Phi) is 12.6. The van der Waals surface area contributed by atoms with Gasteiger partial charge in [-0.3, -0.25) is 19.2 Å². The van der Waals surface area contributed by atoms with Gasteiger partial charge in [0, 0.05) is 5.56 Å². The number of rotatable bonds is 17. The summed E-state index contributed by atoms with van der Waals surface area (Å²) in [6.07, 6.45) is 5.10. The number of esters is 1. The zero-order valence-corrected chi connectivity index (χ0v) is 23.5. The van der Waals surface area contributed by atoms with Gasteiger partial charge < -0.3 is 19.8 Å². The number of hydrogen-bond acceptors (Lipinski definition) is 7. The zero-order valence-electron chi connectivity index (χ0n) is 23.5. The standard InChI is InChI=1S/C31H37N3O7/c1-3-4-5-9-12-26(19-34(22-35)40-20-23-10-7-6-8-11-23)29(36)32-21-33-30(37)28-18-17-27(41-28)24-13-15-25(16-14-24)31(38)39-2/h6-8,10-11,13-18,22,26H,3-5,9,12,19-21H2,1-2H3,(H,32,36)(H,33,37)/t26-/m1/s1. The highest BCUT2D eigenvalue weighted by Crippen LogP contribution is 2.23. The second-order valence-electron chi connectivity index (χ2n) is 9.47. The first kappa shape index (κ1) is 31.1. The van der Waals surface area contributed by atoms with Crippen LogP contribution in [0.1, 0.15) is 65.5 Å². The molecule has 0 radical (unpaired) electrons. The molecule has 0 saturated carbocycles. The highest BCUT2D eigenvalue weighted by Gasteiger charge is 2.22. The third-order valence-electron chi connectivity index (χ3n) is 6.47. The molecule has 3 amide bonds. The number of hydroxylamine groups is 2. The molecule has 1 aromatic heterocycles. The first-order chi connectivity index (χ1) is 19.9. The number of unbranched alkanes of at least 4 members (excludes halogenated alkanes) is 3. The zero-order chi connectivity index (χ0) is 29.5. The number of carbonyl (C=O) groups is 4. The van der Waals surface area contributed by atoms with Crippen molar-refractivity contribution >= 4 is 24.2 Å². The molecule has 0 spiro atoms. The van der Waals surface area contributed by atoms with Gasteiger partial charge in [0.05, 0.1) is 31.8 Å². The van der Waals surface area contributed by atoms with Crippen LogP contribution in [0.3, 0.4) is 0 Å². The molecular weight excluding hydrogens is 526 g/mol. The summed E-state index contributed by atoms with van der Waals surface area (Å²) < 4.78 is 10.4. The van der Waals surface area contributed by atoms with Gasteiger partial charge in [0.15, 0.2) is 5.76 Å². The second-order valence-corrected chi connectivity index (χ2v) is 9.47. The van der Waals surface area contributed by atoms with Gasteiger partial charge in [0.25, 0.3) is 5.91 Å². The number of ether oxygens (including phenoxy) is 1. The van der Waals surface area contributed by atoms with Crippen LogP contribution in [0.4, 0.5) is 0 Å². The van der Waals surface area contributed by atoms with E-state index < -0.39 is 17.8 Å². The normalized spacial score (nSPS) is 11.4. The number of furan rings is 1. The predicted octanol–water partition coefficient (Wildman–Crippen LogP) is 4.71. The topological polar surface area (TPSA) is 127 Å². The fourth-order valence-electron chi connectivity index (χ4n) is 4.14. The molecule has 0 aliphatic heterocycles. The lowest BCUT2D eigenvalue weighted by atomic mass is 9.99.